The first-order chi connectivity index (χ1) is 7.63. The topological polar surface area (TPSA) is 55.6 Å². The molecular weight excluding hydrogens is 240 g/mol. The Labute approximate surface area is 108 Å². The number of carbonyl (C=O) groups is 1. The molecule has 0 atom stereocenters. The van der Waals surface area contributed by atoms with Crippen LogP contribution in [-0.4, -0.2) is 38.1 Å². The van der Waals surface area contributed by atoms with Crippen LogP contribution < -0.4 is 5.73 Å². The molecule has 0 aliphatic carbocycles. The fourth-order valence-corrected chi connectivity index (χ4v) is 1.30. The van der Waals surface area contributed by atoms with E-state index in [-0.39, 0.29) is 18.3 Å². The van der Waals surface area contributed by atoms with Gasteiger partial charge in [-0.1, -0.05) is 12.1 Å². The maximum absolute atomic E-state index is 11.7. The van der Waals surface area contributed by atoms with E-state index >= 15 is 0 Å². The van der Waals surface area contributed by atoms with Gasteiger partial charge in [-0.05, 0) is 17.7 Å². The van der Waals surface area contributed by atoms with Gasteiger partial charge in [0.1, 0.15) is 0 Å². The Morgan fingerprint density at radius 2 is 1.94 bits per heavy atom. The lowest BCUT2D eigenvalue weighted by Gasteiger charge is -2.16. The summed E-state index contributed by atoms with van der Waals surface area (Å²) in [6, 6.07) is 7.35. The molecule has 1 aromatic carbocycles. The van der Waals surface area contributed by atoms with Gasteiger partial charge in [0, 0.05) is 26.4 Å². The van der Waals surface area contributed by atoms with Crippen LogP contribution in [-0.2, 0) is 16.0 Å². The molecule has 0 bridgehead atoms. The van der Waals surface area contributed by atoms with E-state index in [4.69, 9.17) is 10.5 Å². The number of nitrogens with zero attached hydrogens (tertiary/aromatic N) is 1. The number of benzene rings is 1. The summed E-state index contributed by atoms with van der Waals surface area (Å²) in [7, 11) is 3.40. The fraction of sp³-hybridized carbons (Fsp3) is 0.417. The SMILES string of the molecule is COCCN(C)C(=O)Cc1ccc(N)cc1.Cl. The molecule has 0 aliphatic heterocycles. The van der Waals surface area contributed by atoms with E-state index in [2.05, 4.69) is 0 Å². The number of anilines is 1. The molecule has 1 rings (SSSR count). The van der Waals surface area contributed by atoms with Crippen molar-refractivity contribution in [1.82, 2.24) is 4.90 Å². The number of amides is 1. The minimum absolute atomic E-state index is 0. The van der Waals surface area contributed by atoms with E-state index in [9.17, 15) is 4.79 Å². The predicted octanol–water partition coefficient (Wildman–Crippen LogP) is 1.34. The quantitative estimate of drug-likeness (QED) is 0.811. The maximum Gasteiger partial charge on any atom is 0.226 e. The molecule has 0 aliphatic rings. The highest BCUT2D eigenvalue weighted by molar-refractivity contribution is 5.85. The monoisotopic (exact) mass is 258 g/mol. The average Bonchev–Trinajstić information content (AvgIpc) is 2.29. The summed E-state index contributed by atoms with van der Waals surface area (Å²) >= 11 is 0. The second kappa shape index (κ2) is 7.92. The molecule has 0 fully saturated rings. The molecule has 2 N–H and O–H groups in total. The van der Waals surface area contributed by atoms with Crippen molar-refractivity contribution in [3.8, 4) is 0 Å². The Balaban J connectivity index is 0.00000256. The minimum atomic E-state index is 0. The third-order valence-electron chi connectivity index (χ3n) is 2.39. The molecule has 5 heteroatoms. The number of carbonyl (C=O) groups excluding carboxylic acids is 1. The fourth-order valence-electron chi connectivity index (χ4n) is 1.30. The first kappa shape index (κ1) is 15.7. The van der Waals surface area contributed by atoms with Gasteiger partial charge in [0.05, 0.1) is 13.0 Å². The van der Waals surface area contributed by atoms with Crippen LogP contribution in [0.1, 0.15) is 5.56 Å². The first-order valence-corrected chi connectivity index (χ1v) is 5.21. The van der Waals surface area contributed by atoms with Gasteiger partial charge in [-0.25, -0.2) is 0 Å². The van der Waals surface area contributed by atoms with Crippen LogP contribution >= 0.6 is 12.4 Å². The van der Waals surface area contributed by atoms with Gasteiger partial charge in [0.2, 0.25) is 5.91 Å². The molecule has 0 heterocycles. The van der Waals surface area contributed by atoms with Crippen LogP contribution in [0.25, 0.3) is 0 Å². The van der Waals surface area contributed by atoms with Crippen molar-refractivity contribution in [3.63, 3.8) is 0 Å². The van der Waals surface area contributed by atoms with Crippen LogP contribution in [0.15, 0.2) is 24.3 Å². The molecule has 1 aromatic rings. The van der Waals surface area contributed by atoms with E-state index in [1.54, 1.807) is 31.2 Å². The Hall–Kier alpha value is -1.26. The molecular formula is C12H19ClN2O2. The Bertz CT molecular complexity index is 341. The zero-order valence-corrected chi connectivity index (χ0v) is 11.0. The van der Waals surface area contributed by atoms with Crippen molar-refractivity contribution in [2.75, 3.05) is 33.0 Å². The first-order valence-electron chi connectivity index (χ1n) is 5.21. The molecule has 0 saturated heterocycles. The van der Waals surface area contributed by atoms with Gasteiger partial charge in [-0.2, -0.15) is 0 Å². The summed E-state index contributed by atoms with van der Waals surface area (Å²) in [5.41, 5.74) is 7.26. The molecule has 0 aromatic heterocycles. The second-order valence-electron chi connectivity index (χ2n) is 3.73. The minimum Gasteiger partial charge on any atom is -0.399 e. The third-order valence-corrected chi connectivity index (χ3v) is 2.39. The Kier molecular flexibility index (Phi) is 7.34. The largest absolute Gasteiger partial charge is 0.399 e. The van der Waals surface area contributed by atoms with Crippen molar-refractivity contribution in [2.45, 2.75) is 6.42 Å². The predicted molar refractivity (Wildman–Crippen MR) is 71.3 cm³/mol. The standard InChI is InChI=1S/C12H18N2O2.ClH/c1-14(7-8-16-2)12(15)9-10-3-5-11(13)6-4-10;/h3-6H,7-9,13H2,1-2H3;1H. The summed E-state index contributed by atoms with van der Waals surface area (Å²) in [5.74, 6) is 0.0850. The van der Waals surface area contributed by atoms with E-state index in [1.807, 2.05) is 12.1 Å². The summed E-state index contributed by atoms with van der Waals surface area (Å²) in [5, 5.41) is 0. The van der Waals surface area contributed by atoms with Gasteiger partial charge in [-0.3, -0.25) is 4.79 Å². The lowest BCUT2D eigenvalue weighted by Crippen LogP contribution is -2.31. The number of methoxy groups -OCH3 is 1. The van der Waals surface area contributed by atoms with Gasteiger partial charge in [-0.15, -0.1) is 12.4 Å². The van der Waals surface area contributed by atoms with Crippen molar-refractivity contribution in [3.05, 3.63) is 29.8 Å². The highest BCUT2D eigenvalue weighted by Gasteiger charge is 2.08. The number of nitrogen functional groups attached to an aromatic ring is 1. The molecule has 17 heavy (non-hydrogen) atoms. The molecule has 0 unspecified atom stereocenters. The summed E-state index contributed by atoms with van der Waals surface area (Å²) < 4.78 is 4.92. The molecule has 0 radical (unpaired) electrons. The van der Waals surface area contributed by atoms with Gasteiger partial charge in [0.15, 0.2) is 0 Å². The summed E-state index contributed by atoms with van der Waals surface area (Å²) in [6.07, 6.45) is 0.403. The van der Waals surface area contributed by atoms with Crippen LogP contribution in [0.5, 0.6) is 0 Å². The number of hydrogen-bond acceptors (Lipinski definition) is 3. The summed E-state index contributed by atoms with van der Waals surface area (Å²) in [4.78, 5) is 13.4. The lowest BCUT2D eigenvalue weighted by atomic mass is 10.1. The van der Waals surface area contributed by atoms with Crippen LogP contribution in [0.2, 0.25) is 0 Å². The number of halogens is 1. The van der Waals surface area contributed by atoms with Gasteiger partial charge >= 0.3 is 0 Å². The molecule has 96 valence electrons. The molecule has 0 saturated carbocycles. The van der Waals surface area contributed by atoms with Crippen LogP contribution in [0.4, 0.5) is 5.69 Å². The number of ether oxygens (including phenoxy) is 1. The van der Waals surface area contributed by atoms with Crippen LogP contribution in [0.3, 0.4) is 0 Å². The Morgan fingerprint density at radius 1 is 1.35 bits per heavy atom. The number of hydrogen-bond donors (Lipinski definition) is 1. The average molecular weight is 259 g/mol. The maximum atomic E-state index is 11.7. The van der Waals surface area contributed by atoms with E-state index < -0.39 is 0 Å². The highest BCUT2D eigenvalue weighted by atomic mass is 35.5. The van der Waals surface area contributed by atoms with Crippen LogP contribution in [0, 0.1) is 0 Å². The van der Waals surface area contributed by atoms with E-state index in [1.165, 1.54) is 0 Å². The normalized spacial score (nSPS) is 9.53. The number of rotatable bonds is 5. The zero-order chi connectivity index (χ0) is 12.0. The molecule has 4 nitrogen and oxygen atoms in total. The van der Waals surface area contributed by atoms with Gasteiger partial charge in [0.25, 0.3) is 0 Å². The van der Waals surface area contributed by atoms with Crippen molar-refractivity contribution in [1.29, 1.82) is 0 Å². The van der Waals surface area contributed by atoms with Crippen molar-refractivity contribution < 1.29 is 9.53 Å². The number of likely N-dealkylation sites (N-methyl/N-ethyl adjacent to an activating group) is 1. The molecule has 1 amide bonds. The second-order valence-corrected chi connectivity index (χ2v) is 3.73. The Morgan fingerprint density at radius 3 is 2.47 bits per heavy atom. The van der Waals surface area contributed by atoms with E-state index in [0.717, 1.165) is 5.56 Å². The van der Waals surface area contributed by atoms with Crippen molar-refractivity contribution >= 4 is 24.0 Å². The number of nitrogens with two attached hydrogens (primary N) is 1. The lowest BCUT2D eigenvalue weighted by molar-refractivity contribution is -0.129. The smallest absolute Gasteiger partial charge is 0.226 e. The highest BCUT2D eigenvalue weighted by Crippen LogP contribution is 2.07. The third kappa shape index (κ3) is 5.56. The van der Waals surface area contributed by atoms with E-state index in [0.29, 0.717) is 25.3 Å². The molecule has 0 spiro atoms. The van der Waals surface area contributed by atoms with Crippen molar-refractivity contribution in [2.24, 2.45) is 0 Å². The summed E-state index contributed by atoms with van der Waals surface area (Å²) in [6.45, 7) is 1.17. The van der Waals surface area contributed by atoms with Gasteiger partial charge < -0.3 is 15.4 Å². The zero-order valence-electron chi connectivity index (χ0n) is 10.2.